The molecule has 4 aromatic rings. The molecule has 2 aromatic heterocycles. The Kier molecular flexibility index (Phi) is 5.04. The van der Waals surface area contributed by atoms with Gasteiger partial charge in [0, 0.05) is 28.6 Å². The molecule has 2 N–H and O–H groups in total. The minimum absolute atomic E-state index is 0.119. The van der Waals surface area contributed by atoms with Gasteiger partial charge >= 0.3 is 0 Å². The van der Waals surface area contributed by atoms with Crippen LogP contribution in [0.4, 0.5) is 0 Å². The summed E-state index contributed by atoms with van der Waals surface area (Å²) < 4.78 is 34.1. The number of aryl methyl sites for hydroxylation is 1. The summed E-state index contributed by atoms with van der Waals surface area (Å²) >= 11 is 1.45. The second-order valence-corrected chi connectivity index (χ2v) is 9.87. The van der Waals surface area contributed by atoms with Crippen LogP contribution in [-0.2, 0) is 15.6 Å². The number of hydrogen-bond donors (Lipinski definition) is 2. The van der Waals surface area contributed by atoms with Gasteiger partial charge in [-0.25, -0.2) is 18.1 Å². The summed E-state index contributed by atoms with van der Waals surface area (Å²) in [5.41, 5.74) is 0.0831. The number of fused-ring (bicyclic) bond motifs is 1. The van der Waals surface area contributed by atoms with Gasteiger partial charge in [0.15, 0.2) is 5.89 Å². The van der Waals surface area contributed by atoms with Crippen molar-refractivity contribution in [3.05, 3.63) is 71.6 Å². The first-order valence-electron chi connectivity index (χ1n) is 8.98. The fraction of sp³-hybridized carbons (Fsp3) is 0.190. The van der Waals surface area contributed by atoms with Crippen molar-refractivity contribution in [2.24, 2.45) is 0 Å². The van der Waals surface area contributed by atoms with E-state index in [0.29, 0.717) is 16.5 Å². The standard InChI is InChI=1S/C21H20N2O4S2/c1-14-23-18(12-27-14)15-7-9-17(10-8-15)29(25,26)22-13-21(2,24)20-11-16-5-3-4-6-19(16)28-20/h3-12,22,24H,13H2,1-2H3/t21-/m0/s1. The third kappa shape index (κ3) is 4.11. The van der Waals surface area contributed by atoms with E-state index in [-0.39, 0.29) is 11.4 Å². The lowest BCUT2D eigenvalue weighted by Crippen LogP contribution is -2.38. The number of hydrogen-bond acceptors (Lipinski definition) is 6. The van der Waals surface area contributed by atoms with E-state index in [9.17, 15) is 13.5 Å². The Morgan fingerprint density at radius 1 is 1.17 bits per heavy atom. The average Bonchev–Trinajstić information content (AvgIpc) is 3.33. The van der Waals surface area contributed by atoms with Crippen molar-refractivity contribution < 1.29 is 17.9 Å². The van der Waals surface area contributed by atoms with E-state index in [1.54, 1.807) is 26.0 Å². The number of sulfonamides is 1. The van der Waals surface area contributed by atoms with Crippen LogP contribution in [0.25, 0.3) is 21.3 Å². The van der Waals surface area contributed by atoms with Gasteiger partial charge in [-0.1, -0.05) is 30.3 Å². The summed E-state index contributed by atoms with van der Waals surface area (Å²) in [5, 5.41) is 11.9. The van der Waals surface area contributed by atoms with Crippen molar-refractivity contribution >= 4 is 31.4 Å². The summed E-state index contributed by atoms with van der Waals surface area (Å²) in [5.74, 6) is 0.543. The van der Waals surface area contributed by atoms with Crippen LogP contribution in [0.5, 0.6) is 0 Å². The van der Waals surface area contributed by atoms with Gasteiger partial charge in [-0.15, -0.1) is 11.3 Å². The van der Waals surface area contributed by atoms with E-state index in [4.69, 9.17) is 4.42 Å². The van der Waals surface area contributed by atoms with Crippen LogP contribution in [0.2, 0.25) is 0 Å². The molecule has 0 saturated heterocycles. The summed E-state index contributed by atoms with van der Waals surface area (Å²) in [6.45, 7) is 3.22. The second kappa shape index (κ2) is 7.38. The molecule has 0 aliphatic heterocycles. The van der Waals surface area contributed by atoms with Crippen molar-refractivity contribution in [3.8, 4) is 11.3 Å². The van der Waals surface area contributed by atoms with Crippen LogP contribution in [0.3, 0.4) is 0 Å². The Bertz CT molecular complexity index is 1220. The molecule has 6 nitrogen and oxygen atoms in total. The van der Waals surface area contributed by atoms with Gasteiger partial charge in [0.25, 0.3) is 0 Å². The third-order valence-corrected chi connectivity index (χ3v) is 7.43. The Hall–Kier alpha value is -2.52. The van der Waals surface area contributed by atoms with Crippen LogP contribution in [0.1, 0.15) is 17.7 Å². The smallest absolute Gasteiger partial charge is 0.240 e. The van der Waals surface area contributed by atoms with E-state index >= 15 is 0 Å². The maximum absolute atomic E-state index is 12.7. The molecule has 0 saturated carbocycles. The summed E-state index contributed by atoms with van der Waals surface area (Å²) in [6, 6.07) is 16.1. The van der Waals surface area contributed by atoms with E-state index in [0.717, 1.165) is 15.6 Å². The fourth-order valence-electron chi connectivity index (χ4n) is 2.95. The molecule has 0 amide bonds. The largest absolute Gasteiger partial charge is 0.449 e. The minimum atomic E-state index is -3.77. The quantitative estimate of drug-likeness (QED) is 0.483. The van der Waals surface area contributed by atoms with Crippen molar-refractivity contribution in [3.63, 3.8) is 0 Å². The first-order valence-corrected chi connectivity index (χ1v) is 11.3. The Morgan fingerprint density at radius 2 is 1.90 bits per heavy atom. The zero-order valence-electron chi connectivity index (χ0n) is 15.9. The van der Waals surface area contributed by atoms with Crippen molar-refractivity contribution in [2.75, 3.05) is 6.54 Å². The van der Waals surface area contributed by atoms with Gasteiger partial charge in [0.05, 0.1) is 4.90 Å². The maximum atomic E-state index is 12.7. The van der Waals surface area contributed by atoms with Crippen LogP contribution >= 0.6 is 11.3 Å². The topological polar surface area (TPSA) is 92.4 Å². The SMILES string of the molecule is Cc1nc(-c2ccc(S(=O)(=O)NC[C@](C)(O)c3cc4ccccc4s3)cc2)co1. The molecule has 0 fully saturated rings. The normalized spacial score (nSPS) is 14.2. The number of aromatic nitrogens is 1. The average molecular weight is 429 g/mol. The Balaban J connectivity index is 1.50. The van der Waals surface area contributed by atoms with E-state index in [1.165, 1.54) is 29.7 Å². The molecule has 8 heteroatoms. The van der Waals surface area contributed by atoms with Gasteiger partial charge in [0.2, 0.25) is 10.0 Å². The number of nitrogens with zero attached hydrogens (tertiary/aromatic N) is 1. The lowest BCUT2D eigenvalue weighted by molar-refractivity contribution is 0.0666. The van der Waals surface area contributed by atoms with Crippen LogP contribution in [0.15, 0.2) is 70.2 Å². The zero-order chi connectivity index (χ0) is 20.6. The van der Waals surface area contributed by atoms with E-state index in [1.807, 2.05) is 30.3 Å². The van der Waals surface area contributed by atoms with E-state index < -0.39 is 15.6 Å². The molecule has 0 bridgehead atoms. The highest BCUT2D eigenvalue weighted by Gasteiger charge is 2.28. The van der Waals surface area contributed by atoms with E-state index in [2.05, 4.69) is 9.71 Å². The van der Waals surface area contributed by atoms with Gasteiger partial charge < -0.3 is 9.52 Å². The Labute approximate surface area is 172 Å². The Morgan fingerprint density at radius 3 is 2.55 bits per heavy atom. The molecule has 4 rings (SSSR count). The molecule has 2 aromatic carbocycles. The zero-order valence-corrected chi connectivity index (χ0v) is 17.5. The molecule has 29 heavy (non-hydrogen) atoms. The monoisotopic (exact) mass is 428 g/mol. The summed E-state index contributed by atoms with van der Waals surface area (Å²) in [7, 11) is -3.77. The summed E-state index contributed by atoms with van der Waals surface area (Å²) in [6.07, 6.45) is 1.53. The van der Waals surface area contributed by atoms with Gasteiger partial charge in [-0.3, -0.25) is 0 Å². The number of benzene rings is 2. The highest BCUT2D eigenvalue weighted by Crippen LogP contribution is 2.33. The first-order chi connectivity index (χ1) is 13.7. The number of nitrogens with one attached hydrogen (secondary N) is 1. The lowest BCUT2D eigenvalue weighted by Gasteiger charge is -2.22. The molecule has 0 aliphatic rings. The predicted octanol–water partition coefficient (Wildman–Crippen LogP) is 4.05. The van der Waals surface area contributed by atoms with Gasteiger partial charge in [-0.2, -0.15) is 0 Å². The molecule has 2 heterocycles. The predicted molar refractivity (Wildman–Crippen MR) is 113 cm³/mol. The molecule has 150 valence electrons. The molecular formula is C21H20N2O4S2. The second-order valence-electron chi connectivity index (χ2n) is 7.02. The van der Waals surface area contributed by atoms with Crippen molar-refractivity contribution in [1.29, 1.82) is 0 Å². The van der Waals surface area contributed by atoms with Crippen molar-refractivity contribution in [1.82, 2.24) is 9.71 Å². The molecule has 0 spiro atoms. The molecular weight excluding hydrogens is 408 g/mol. The van der Waals surface area contributed by atoms with Crippen LogP contribution in [-0.4, -0.2) is 25.1 Å². The summed E-state index contributed by atoms with van der Waals surface area (Å²) in [4.78, 5) is 5.05. The fourth-order valence-corrected chi connectivity index (χ4v) is 5.19. The molecule has 0 radical (unpaired) electrons. The number of thiophene rings is 1. The third-order valence-electron chi connectivity index (χ3n) is 4.64. The van der Waals surface area contributed by atoms with Crippen LogP contribution < -0.4 is 4.72 Å². The molecule has 0 aliphatic carbocycles. The van der Waals surface area contributed by atoms with Crippen molar-refractivity contribution in [2.45, 2.75) is 24.3 Å². The minimum Gasteiger partial charge on any atom is -0.449 e. The van der Waals surface area contributed by atoms with Gasteiger partial charge in [-0.05, 0) is 36.6 Å². The highest BCUT2D eigenvalue weighted by molar-refractivity contribution is 7.89. The first kappa shape index (κ1) is 19.8. The lowest BCUT2D eigenvalue weighted by atomic mass is 10.1. The van der Waals surface area contributed by atoms with Crippen LogP contribution in [0, 0.1) is 6.92 Å². The molecule has 0 unspecified atom stereocenters. The number of rotatable bonds is 6. The van der Waals surface area contributed by atoms with Gasteiger partial charge in [0.1, 0.15) is 17.6 Å². The number of oxazole rings is 1. The number of aliphatic hydroxyl groups is 1. The maximum Gasteiger partial charge on any atom is 0.240 e. The highest BCUT2D eigenvalue weighted by atomic mass is 32.2. The molecule has 1 atom stereocenters.